The summed E-state index contributed by atoms with van der Waals surface area (Å²) in [4.78, 5) is 42.0. The molecule has 1 heterocycles. The Hall–Kier alpha value is -3.59. The minimum Gasteiger partial charge on any atom is -0.497 e. The van der Waals surface area contributed by atoms with E-state index in [0.717, 1.165) is 50.2 Å². The molecule has 1 saturated carbocycles. The summed E-state index contributed by atoms with van der Waals surface area (Å²) in [6.45, 7) is 5.93. The fourth-order valence-corrected chi connectivity index (χ4v) is 4.57. The number of carbonyl (C=O) groups excluding carboxylic acids is 3. The molecule has 38 heavy (non-hydrogen) atoms. The van der Waals surface area contributed by atoms with Gasteiger partial charge in [-0.15, -0.1) is 0 Å². The van der Waals surface area contributed by atoms with Crippen molar-refractivity contribution in [1.29, 1.82) is 0 Å². The molecule has 2 fully saturated rings. The summed E-state index contributed by atoms with van der Waals surface area (Å²) >= 11 is 0. The van der Waals surface area contributed by atoms with Crippen molar-refractivity contribution in [3.8, 4) is 17.2 Å². The molecule has 1 aliphatic heterocycles. The SMILES string of the molecule is COc1ccc(OC)c(C(=O)NC(C)C(=O)N2CCN(CCCOc3ccc(C(=O)C4CC4)cc3)CC2)c1. The van der Waals surface area contributed by atoms with Gasteiger partial charge in [-0.2, -0.15) is 0 Å². The minimum atomic E-state index is -0.663. The maximum absolute atomic E-state index is 13.0. The number of hydrogen-bond acceptors (Lipinski definition) is 7. The van der Waals surface area contributed by atoms with Crippen LogP contribution in [-0.4, -0.2) is 87.0 Å². The van der Waals surface area contributed by atoms with Crippen LogP contribution >= 0.6 is 0 Å². The van der Waals surface area contributed by atoms with E-state index < -0.39 is 6.04 Å². The Bertz CT molecular complexity index is 1120. The van der Waals surface area contributed by atoms with E-state index in [1.54, 1.807) is 30.0 Å². The van der Waals surface area contributed by atoms with Gasteiger partial charge < -0.3 is 24.4 Å². The average Bonchev–Trinajstić information content (AvgIpc) is 3.80. The van der Waals surface area contributed by atoms with Gasteiger partial charge in [-0.1, -0.05) is 0 Å². The van der Waals surface area contributed by atoms with E-state index in [2.05, 4.69) is 10.2 Å². The van der Waals surface area contributed by atoms with Crippen molar-refractivity contribution in [3.63, 3.8) is 0 Å². The lowest BCUT2D eigenvalue weighted by Gasteiger charge is -2.36. The molecule has 4 rings (SSSR count). The Kier molecular flexibility index (Phi) is 9.23. The van der Waals surface area contributed by atoms with E-state index in [-0.39, 0.29) is 23.5 Å². The maximum Gasteiger partial charge on any atom is 0.255 e. The molecule has 1 aliphatic carbocycles. The van der Waals surface area contributed by atoms with Crippen LogP contribution in [0.15, 0.2) is 42.5 Å². The van der Waals surface area contributed by atoms with Gasteiger partial charge in [-0.3, -0.25) is 19.3 Å². The highest BCUT2D eigenvalue weighted by Crippen LogP contribution is 2.33. The van der Waals surface area contributed by atoms with Gasteiger partial charge >= 0.3 is 0 Å². The largest absolute Gasteiger partial charge is 0.497 e. The van der Waals surface area contributed by atoms with Crippen LogP contribution in [0.5, 0.6) is 17.2 Å². The van der Waals surface area contributed by atoms with Crippen LogP contribution in [0.4, 0.5) is 0 Å². The predicted molar refractivity (Wildman–Crippen MR) is 143 cm³/mol. The maximum atomic E-state index is 13.0. The van der Waals surface area contributed by atoms with Gasteiger partial charge in [0, 0.05) is 44.2 Å². The standard InChI is InChI=1S/C29H37N3O6/c1-20(30-28(34)25-19-24(36-2)11-12-26(25)37-3)29(35)32-16-14-31(15-17-32)13-4-18-38-23-9-7-22(8-10-23)27(33)21-5-6-21/h7-12,19-21H,4-6,13-18H2,1-3H3,(H,30,34). The molecule has 2 aromatic rings. The summed E-state index contributed by atoms with van der Waals surface area (Å²) in [5.74, 6) is 1.70. The molecular formula is C29H37N3O6. The second kappa shape index (κ2) is 12.8. The number of ether oxygens (including phenoxy) is 3. The quantitative estimate of drug-likeness (QED) is 0.337. The summed E-state index contributed by atoms with van der Waals surface area (Å²) in [5.41, 5.74) is 1.09. The first-order valence-corrected chi connectivity index (χ1v) is 13.2. The van der Waals surface area contributed by atoms with Crippen LogP contribution in [0.3, 0.4) is 0 Å². The van der Waals surface area contributed by atoms with Crippen molar-refractivity contribution >= 4 is 17.6 Å². The van der Waals surface area contributed by atoms with Gasteiger partial charge in [-0.05, 0) is 68.7 Å². The number of rotatable bonds is 12. The minimum absolute atomic E-state index is 0.105. The summed E-state index contributed by atoms with van der Waals surface area (Å²) < 4.78 is 16.3. The van der Waals surface area contributed by atoms with Crippen molar-refractivity contribution in [2.24, 2.45) is 5.92 Å². The summed E-state index contributed by atoms with van der Waals surface area (Å²) in [7, 11) is 3.02. The zero-order valence-electron chi connectivity index (χ0n) is 22.4. The first-order chi connectivity index (χ1) is 18.4. The van der Waals surface area contributed by atoms with E-state index in [1.165, 1.54) is 14.2 Å². The third-order valence-electron chi connectivity index (χ3n) is 7.03. The van der Waals surface area contributed by atoms with Crippen molar-refractivity contribution in [1.82, 2.24) is 15.1 Å². The average molecular weight is 524 g/mol. The van der Waals surface area contributed by atoms with Crippen molar-refractivity contribution in [2.45, 2.75) is 32.2 Å². The number of carbonyl (C=O) groups is 3. The lowest BCUT2D eigenvalue weighted by Crippen LogP contribution is -2.54. The monoisotopic (exact) mass is 523 g/mol. The van der Waals surface area contributed by atoms with Crippen molar-refractivity contribution in [2.75, 3.05) is 53.6 Å². The molecule has 1 unspecified atom stereocenters. The highest BCUT2D eigenvalue weighted by Gasteiger charge is 2.30. The van der Waals surface area contributed by atoms with E-state index in [0.29, 0.717) is 36.8 Å². The number of methoxy groups -OCH3 is 2. The zero-order valence-corrected chi connectivity index (χ0v) is 22.4. The molecule has 1 atom stereocenters. The highest BCUT2D eigenvalue weighted by molar-refractivity contribution is 6.00. The summed E-state index contributed by atoms with van der Waals surface area (Å²) in [6, 6.07) is 11.7. The smallest absolute Gasteiger partial charge is 0.255 e. The Balaban J connectivity index is 1.16. The molecule has 2 amide bonds. The van der Waals surface area contributed by atoms with Crippen LogP contribution < -0.4 is 19.5 Å². The Morgan fingerprint density at radius 3 is 2.26 bits per heavy atom. The molecule has 0 spiro atoms. The summed E-state index contributed by atoms with van der Waals surface area (Å²) in [6.07, 6.45) is 2.88. The van der Waals surface area contributed by atoms with E-state index in [9.17, 15) is 14.4 Å². The highest BCUT2D eigenvalue weighted by atomic mass is 16.5. The van der Waals surface area contributed by atoms with Crippen LogP contribution in [0.25, 0.3) is 0 Å². The Morgan fingerprint density at radius 2 is 1.63 bits per heavy atom. The zero-order chi connectivity index (χ0) is 27.1. The second-order valence-corrected chi connectivity index (χ2v) is 9.79. The normalized spacial score (nSPS) is 16.4. The first-order valence-electron chi connectivity index (χ1n) is 13.2. The number of Topliss-reactive ketones (excluding diaryl/α,β-unsaturated/α-hetero) is 1. The molecule has 0 bridgehead atoms. The molecular weight excluding hydrogens is 486 g/mol. The molecule has 0 radical (unpaired) electrons. The number of nitrogens with zero attached hydrogens (tertiary/aromatic N) is 2. The van der Waals surface area contributed by atoms with Crippen LogP contribution in [0, 0.1) is 5.92 Å². The lowest BCUT2D eigenvalue weighted by atomic mass is 10.1. The molecule has 9 nitrogen and oxygen atoms in total. The number of hydrogen-bond donors (Lipinski definition) is 1. The number of benzene rings is 2. The van der Waals surface area contributed by atoms with Crippen LogP contribution in [-0.2, 0) is 4.79 Å². The number of piperazine rings is 1. The van der Waals surface area contributed by atoms with Gasteiger partial charge in [0.2, 0.25) is 5.91 Å². The third-order valence-corrected chi connectivity index (χ3v) is 7.03. The van der Waals surface area contributed by atoms with E-state index in [1.807, 2.05) is 24.3 Å². The molecule has 1 N–H and O–H groups in total. The molecule has 0 aromatic heterocycles. The molecule has 2 aromatic carbocycles. The van der Waals surface area contributed by atoms with Crippen LogP contribution in [0.1, 0.15) is 46.9 Å². The van der Waals surface area contributed by atoms with Gasteiger partial charge in [0.05, 0.1) is 26.4 Å². The van der Waals surface area contributed by atoms with E-state index in [4.69, 9.17) is 14.2 Å². The van der Waals surface area contributed by atoms with Crippen molar-refractivity contribution < 1.29 is 28.6 Å². The van der Waals surface area contributed by atoms with Gasteiger partial charge in [-0.25, -0.2) is 0 Å². The van der Waals surface area contributed by atoms with Crippen molar-refractivity contribution in [3.05, 3.63) is 53.6 Å². The first kappa shape index (κ1) is 27.4. The third kappa shape index (κ3) is 7.04. The second-order valence-electron chi connectivity index (χ2n) is 9.79. The molecule has 9 heteroatoms. The fraction of sp³-hybridized carbons (Fsp3) is 0.483. The predicted octanol–water partition coefficient (Wildman–Crippen LogP) is 3.03. The number of ketones is 1. The topological polar surface area (TPSA) is 97.4 Å². The molecule has 204 valence electrons. The fourth-order valence-electron chi connectivity index (χ4n) is 4.57. The van der Waals surface area contributed by atoms with Gasteiger partial charge in [0.15, 0.2) is 5.78 Å². The Morgan fingerprint density at radius 1 is 0.947 bits per heavy atom. The van der Waals surface area contributed by atoms with Gasteiger partial charge in [0.25, 0.3) is 5.91 Å². The number of amides is 2. The number of nitrogens with one attached hydrogen (secondary N) is 1. The van der Waals surface area contributed by atoms with E-state index >= 15 is 0 Å². The molecule has 2 aliphatic rings. The Labute approximate surface area is 224 Å². The molecule has 1 saturated heterocycles. The lowest BCUT2D eigenvalue weighted by molar-refractivity contribution is -0.134. The summed E-state index contributed by atoms with van der Waals surface area (Å²) in [5, 5.41) is 2.79. The van der Waals surface area contributed by atoms with Crippen LogP contribution in [0.2, 0.25) is 0 Å². The van der Waals surface area contributed by atoms with Gasteiger partial charge in [0.1, 0.15) is 23.3 Å².